The minimum absolute atomic E-state index is 0. The van der Waals surface area contributed by atoms with Gasteiger partial charge in [-0.05, 0) is 0 Å². The Morgan fingerprint density at radius 1 is 0.400 bits per heavy atom. The second-order valence-corrected chi connectivity index (χ2v) is 0. The van der Waals surface area contributed by atoms with Crippen LogP contribution in [0.25, 0.3) is 0 Å². The Bertz CT molecular complexity index is 3.61. The molecule has 0 atom stereocenters. The maximum Gasteiger partial charge on any atom is 0 e. The number of hydrogen-bond donors (Lipinski definition) is 0. The van der Waals surface area contributed by atoms with Gasteiger partial charge in [0.2, 0.25) is 0 Å². The summed E-state index contributed by atoms with van der Waals surface area (Å²) in [6.07, 6.45) is 0. The van der Waals surface area contributed by atoms with Gasteiger partial charge in [0.25, 0.3) is 0 Å². The molecule has 0 aliphatic rings. The molecule has 0 aliphatic carbocycles. The van der Waals surface area contributed by atoms with E-state index in [0.717, 1.165) is 0 Å². The van der Waals surface area contributed by atoms with Crippen molar-refractivity contribution < 1.29 is 20.4 Å². The molecule has 0 aromatic carbocycles. The zero-order chi connectivity index (χ0) is 0. The van der Waals surface area contributed by atoms with Crippen molar-refractivity contribution in [2.45, 2.75) is 0 Å². The smallest absolute Gasteiger partial charge is 0 e. The average molecular weight is 162 g/mol. The van der Waals surface area contributed by atoms with Crippen molar-refractivity contribution in [3.63, 3.8) is 0 Å². The molecule has 0 amide bonds. The fraction of sp³-hybridized carbons (Fsp3) is 0. The second-order valence-electron chi connectivity index (χ2n) is 0. The maximum atomic E-state index is 0. The van der Waals surface area contributed by atoms with Crippen molar-refractivity contribution in [1.29, 1.82) is 0 Å². The van der Waals surface area contributed by atoms with Crippen LogP contribution < -0.4 is 24.6 Å². The Hall–Kier alpha value is 0.502. The Labute approximate surface area is 45.7 Å². The molecule has 0 aliphatic heterocycles. The van der Waals surface area contributed by atoms with E-state index in [0.29, 0.717) is 0 Å². The Morgan fingerprint density at radius 2 is 0.400 bits per heavy atom. The van der Waals surface area contributed by atoms with Gasteiger partial charge in [0.15, 0.2) is 0 Å². The van der Waals surface area contributed by atoms with Gasteiger partial charge in [0.1, 0.15) is 0 Å². The summed E-state index contributed by atoms with van der Waals surface area (Å²) in [5, 5.41) is 0. The van der Waals surface area contributed by atoms with E-state index in [1.807, 2.05) is 0 Å². The van der Waals surface area contributed by atoms with E-state index in [9.17, 15) is 0 Å². The molecule has 0 aromatic heterocycles. The third-order valence-electron chi connectivity index (χ3n) is 0. The third-order valence-corrected chi connectivity index (χ3v) is 0. The normalized spacial score (nSPS) is 0. The zero-order valence-electron chi connectivity index (χ0n) is 2.11. The summed E-state index contributed by atoms with van der Waals surface area (Å²) in [6.45, 7) is 0. The number of rotatable bonds is 0. The fourth-order valence-corrected chi connectivity index (χ4v) is 0. The molecule has 0 aromatic rings. The van der Waals surface area contributed by atoms with Crippen LogP contribution in [0, 0.1) is 0 Å². The molecule has 0 saturated heterocycles. The van der Waals surface area contributed by atoms with E-state index in [1.54, 1.807) is 0 Å². The van der Waals surface area contributed by atoms with Crippen molar-refractivity contribution in [1.82, 2.24) is 24.6 Å². The maximum absolute atomic E-state index is 0. The average Bonchev–Trinajstić information content (AvgIpc) is 0. The van der Waals surface area contributed by atoms with Crippen LogP contribution in [0.15, 0.2) is 0 Å². The molecule has 0 saturated carbocycles. The van der Waals surface area contributed by atoms with Crippen molar-refractivity contribution >= 4 is 0 Å². The van der Waals surface area contributed by atoms with Gasteiger partial charge in [0, 0.05) is 45.0 Å². The summed E-state index contributed by atoms with van der Waals surface area (Å²) in [5.41, 5.74) is 0. The number of nitrogens with zero attached hydrogens (tertiary/aromatic N) is 4. The summed E-state index contributed by atoms with van der Waals surface area (Å²) in [6, 6.07) is 0. The van der Waals surface area contributed by atoms with E-state index in [1.165, 1.54) is 0 Å². The van der Waals surface area contributed by atoms with E-state index in [4.69, 9.17) is 0 Å². The molecular weight excluding hydrogens is 162 g/mol. The summed E-state index contributed by atoms with van der Waals surface area (Å²) in [4.78, 5) is 0. The SMILES string of the molecule is [N].[N].[N].[N].[Pd]. The molecule has 0 N–H and O–H groups in total. The molecule has 0 rings (SSSR count). The van der Waals surface area contributed by atoms with Gasteiger partial charge in [-0.25, -0.2) is 0 Å². The van der Waals surface area contributed by atoms with E-state index in [2.05, 4.69) is 0 Å². The van der Waals surface area contributed by atoms with Gasteiger partial charge in [-0.15, -0.1) is 0 Å². The van der Waals surface area contributed by atoms with Gasteiger partial charge >= 0.3 is 0 Å². The first-order valence-electron chi connectivity index (χ1n) is 0. The van der Waals surface area contributed by atoms with Crippen LogP contribution in [0.3, 0.4) is 0 Å². The minimum Gasteiger partial charge on any atom is 0 e. The Kier molecular flexibility index (Phi) is 19300. The van der Waals surface area contributed by atoms with Gasteiger partial charge in [-0.2, -0.15) is 0 Å². The molecular formula is N4Pd. The third kappa shape index (κ3) is 112. The van der Waals surface area contributed by atoms with Crippen molar-refractivity contribution in [3.8, 4) is 0 Å². The summed E-state index contributed by atoms with van der Waals surface area (Å²) < 4.78 is 0. The first kappa shape index (κ1) is 442. The Balaban J connectivity index is 0. The van der Waals surface area contributed by atoms with E-state index in [-0.39, 0.29) is 45.0 Å². The zero-order valence-corrected chi connectivity index (χ0v) is 3.66. The van der Waals surface area contributed by atoms with Gasteiger partial charge in [-0.1, -0.05) is 0 Å². The van der Waals surface area contributed by atoms with Crippen LogP contribution in [0.4, 0.5) is 0 Å². The fourth-order valence-electron chi connectivity index (χ4n) is 0. The molecule has 4 nitrogen and oxygen atoms in total. The van der Waals surface area contributed by atoms with Gasteiger partial charge in [0.05, 0.1) is 0 Å². The van der Waals surface area contributed by atoms with Crippen LogP contribution in [-0.4, -0.2) is 0 Å². The topological polar surface area (TPSA) is 122 Å². The van der Waals surface area contributed by atoms with Crippen molar-refractivity contribution in [3.05, 3.63) is 0 Å². The molecule has 5 heteroatoms. The molecule has 30 valence electrons. The molecule has 0 unspecified atom stereocenters. The van der Waals surface area contributed by atoms with Crippen LogP contribution in [0.2, 0.25) is 0 Å². The first-order chi connectivity index (χ1) is 0. The standard InChI is InChI=1S/4N.Pd. The second kappa shape index (κ2) is 219. The first-order valence-corrected chi connectivity index (χ1v) is 0. The predicted octanol–water partition coefficient (Wildman–Crippen LogP) is -1.92. The molecule has 5 heavy (non-hydrogen) atoms. The Morgan fingerprint density at radius 3 is 0.400 bits per heavy atom. The van der Waals surface area contributed by atoms with Crippen LogP contribution in [-0.2, 0) is 20.4 Å². The minimum atomic E-state index is 0. The molecule has 0 bridgehead atoms. The summed E-state index contributed by atoms with van der Waals surface area (Å²) in [5.74, 6) is 0. The monoisotopic (exact) mass is 162 g/mol. The van der Waals surface area contributed by atoms with Crippen LogP contribution in [0.1, 0.15) is 0 Å². The largest absolute Gasteiger partial charge is 0 e. The van der Waals surface area contributed by atoms with Crippen molar-refractivity contribution in [2.24, 2.45) is 0 Å². The van der Waals surface area contributed by atoms with Crippen molar-refractivity contribution in [2.75, 3.05) is 0 Å². The number of hydrogen-bond acceptors (Lipinski definition) is 0. The van der Waals surface area contributed by atoms with Gasteiger partial charge in [-0.3, -0.25) is 0 Å². The van der Waals surface area contributed by atoms with E-state index < -0.39 is 0 Å². The summed E-state index contributed by atoms with van der Waals surface area (Å²) in [7, 11) is 0. The molecule has 0 heterocycles. The van der Waals surface area contributed by atoms with E-state index >= 15 is 0 Å². The van der Waals surface area contributed by atoms with Crippen LogP contribution in [0.5, 0.6) is 0 Å². The molecule has 0 spiro atoms. The summed E-state index contributed by atoms with van der Waals surface area (Å²) >= 11 is 0. The van der Waals surface area contributed by atoms with Crippen LogP contribution >= 0.6 is 0 Å². The molecule has 0 fully saturated rings. The van der Waals surface area contributed by atoms with Gasteiger partial charge < -0.3 is 0 Å². The predicted molar refractivity (Wildman–Crippen MR) is 8.54 cm³/mol. The quantitative estimate of drug-likeness (QED) is 0.369. The molecule has 12 radical (unpaired) electrons.